The van der Waals surface area contributed by atoms with Crippen LogP contribution < -0.4 is 0 Å². The Labute approximate surface area is 203 Å². The van der Waals surface area contributed by atoms with Crippen molar-refractivity contribution in [3.05, 3.63) is 68.4 Å². The molecule has 2 aromatic rings. The van der Waals surface area contributed by atoms with E-state index in [9.17, 15) is 18.1 Å². The van der Waals surface area contributed by atoms with Crippen LogP contribution in [-0.2, 0) is 27.7 Å². The Morgan fingerprint density at radius 2 is 1.74 bits per heavy atom. The summed E-state index contributed by atoms with van der Waals surface area (Å²) in [5, 5.41) is 3.55. The van der Waals surface area contributed by atoms with Gasteiger partial charge in [-0.1, -0.05) is 45.0 Å². The molecule has 1 aromatic carbocycles. The SMILES string of the molecule is CC(C)c1nc2c(c3c1C(c1ccc(C(F)(F)F)cc1)OC31CCOCC1)C(N=O)CC(C)(C)C2. The maximum absolute atomic E-state index is 13.2. The maximum atomic E-state index is 13.2. The molecule has 188 valence electrons. The van der Waals surface area contributed by atoms with Crippen LogP contribution in [0, 0.1) is 10.3 Å². The van der Waals surface area contributed by atoms with Crippen LogP contribution in [0.3, 0.4) is 0 Å². The zero-order chi connectivity index (χ0) is 25.2. The smallest absolute Gasteiger partial charge is 0.381 e. The Balaban J connectivity index is 1.76. The number of nitrogens with zero attached hydrogens (tertiary/aromatic N) is 2. The molecule has 0 radical (unpaired) electrons. The quantitative estimate of drug-likeness (QED) is 0.431. The Hall–Kier alpha value is -2.32. The molecule has 8 heteroatoms. The third-order valence-corrected chi connectivity index (χ3v) is 7.68. The van der Waals surface area contributed by atoms with Gasteiger partial charge in [-0.2, -0.15) is 18.1 Å². The third kappa shape index (κ3) is 4.08. The molecule has 5 nitrogen and oxygen atoms in total. The standard InChI is InChI=1S/C27H31F3N2O3/c1-15(2)23-21-22(20-18(31-23)13-25(3,4)14-19(20)32-33)26(9-11-34-12-10-26)35-24(21)16-5-7-17(8-6-16)27(28,29)30/h5-8,15,19,24H,9-14H2,1-4H3. The van der Waals surface area contributed by atoms with Gasteiger partial charge in [-0.05, 0) is 47.4 Å². The Morgan fingerprint density at radius 3 is 2.31 bits per heavy atom. The largest absolute Gasteiger partial charge is 0.416 e. The summed E-state index contributed by atoms with van der Waals surface area (Å²) in [6, 6.07) is 4.67. The molecular weight excluding hydrogens is 457 g/mol. The highest BCUT2D eigenvalue weighted by molar-refractivity contribution is 5.55. The van der Waals surface area contributed by atoms with Crippen LogP contribution >= 0.6 is 0 Å². The Kier molecular flexibility index (Phi) is 5.83. The van der Waals surface area contributed by atoms with Gasteiger partial charge in [-0.3, -0.25) is 4.98 Å². The van der Waals surface area contributed by atoms with Crippen molar-refractivity contribution in [3.63, 3.8) is 0 Å². The number of rotatable bonds is 3. The third-order valence-electron chi connectivity index (χ3n) is 7.68. The highest BCUT2D eigenvalue weighted by Gasteiger charge is 2.52. The molecule has 1 aromatic heterocycles. The first kappa shape index (κ1) is 24.4. The van der Waals surface area contributed by atoms with Crippen LogP contribution in [0.25, 0.3) is 0 Å². The van der Waals surface area contributed by atoms with E-state index in [1.165, 1.54) is 12.1 Å². The summed E-state index contributed by atoms with van der Waals surface area (Å²) < 4.78 is 52.2. The van der Waals surface area contributed by atoms with Crippen molar-refractivity contribution in [2.75, 3.05) is 13.2 Å². The van der Waals surface area contributed by atoms with Crippen molar-refractivity contribution in [1.29, 1.82) is 0 Å². The first-order valence-electron chi connectivity index (χ1n) is 12.3. The van der Waals surface area contributed by atoms with E-state index in [4.69, 9.17) is 14.5 Å². The molecule has 3 aliphatic rings. The Morgan fingerprint density at radius 1 is 1.09 bits per heavy atom. The number of nitroso groups, excluding NO2 is 1. The maximum Gasteiger partial charge on any atom is 0.416 e. The summed E-state index contributed by atoms with van der Waals surface area (Å²) in [4.78, 5) is 17.2. The van der Waals surface area contributed by atoms with Gasteiger partial charge in [0.2, 0.25) is 0 Å². The Bertz CT molecular complexity index is 1140. The summed E-state index contributed by atoms with van der Waals surface area (Å²) in [5.74, 6) is 0.0669. The first-order valence-corrected chi connectivity index (χ1v) is 12.3. The van der Waals surface area contributed by atoms with Crippen molar-refractivity contribution in [2.24, 2.45) is 10.6 Å². The van der Waals surface area contributed by atoms with Crippen LogP contribution in [0.4, 0.5) is 13.2 Å². The molecule has 1 fully saturated rings. The van der Waals surface area contributed by atoms with Gasteiger partial charge < -0.3 is 9.47 Å². The molecule has 1 saturated heterocycles. The van der Waals surface area contributed by atoms with Gasteiger partial charge in [0.25, 0.3) is 0 Å². The van der Waals surface area contributed by atoms with Crippen molar-refractivity contribution < 1.29 is 22.6 Å². The highest BCUT2D eigenvalue weighted by Crippen LogP contribution is 2.58. The summed E-state index contributed by atoms with van der Waals surface area (Å²) >= 11 is 0. The van der Waals surface area contributed by atoms with Crippen LogP contribution in [0.2, 0.25) is 0 Å². The lowest BCUT2D eigenvalue weighted by Gasteiger charge is -2.39. The second kappa shape index (κ2) is 8.37. The number of hydrogen-bond acceptors (Lipinski definition) is 5. The monoisotopic (exact) mass is 488 g/mol. The van der Waals surface area contributed by atoms with Gasteiger partial charge in [0.15, 0.2) is 0 Å². The molecule has 2 unspecified atom stereocenters. The summed E-state index contributed by atoms with van der Waals surface area (Å²) in [6.07, 6.45) is -2.40. The normalized spacial score (nSPS) is 24.9. The van der Waals surface area contributed by atoms with Crippen molar-refractivity contribution in [1.82, 2.24) is 4.98 Å². The number of hydrogen-bond donors (Lipinski definition) is 0. The molecule has 2 atom stereocenters. The average molecular weight is 489 g/mol. The van der Waals surface area contributed by atoms with Crippen molar-refractivity contribution in [3.8, 4) is 0 Å². The predicted molar refractivity (Wildman–Crippen MR) is 125 cm³/mol. The number of benzene rings is 1. The molecular formula is C27H31F3N2O3. The molecule has 0 bridgehead atoms. The van der Waals surface area contributed by atoms with Gasteiger partial charge in [-0.15, -0.1) is 0 Å². The number of alkyl halides is 3. The van der Waals surface area contributed by atoms with E-state index < -0.39 is 29.5 Å². The second-order valence-corrected chi connectivity index (χ2v) is 11.2. The fourth-order valence-electron chi connectivity index (χ4n) is 6.11. The van der Waals surface area contributed by atoms with Crippen LogP contribution in [-0.4, -0.2) is 18.2 Å². The minimum atomic E-state index is -4.41. The van der Waals surface area contributed by atoms with Gasteiger partial charge in [0.1, 0.15) is 12.1 Å². The van der Waals surface area contributed by atoms with E-state index in [0.29, 0.717) is 38.0 Å². The van der Waals surface area contributed by atoms with E-state index >= 15 is 0 Å². The summed E-state index contributed by atoms with van der Waals surface area (Å²) in [7, 11) is 0. The van der Waals surface area contributed by atoms with E-state index in [0.717, 1.165) is 46.6 Å². The molecule has 0 N–H and O–H groups in total. The summed E-state index contributed by atoms with van der Waals surface area (Å²) in [5.41, 5.74) is 3.70. The van der Waals surface area contributed by atoms with Gasteiger partial charge in [0, 0.05) is 48.6 Å². The lowest BCUT2D eigenvalue weighted by molar-refractivity contribution is -0.137. The molecule has 1 aliphatic carbocycles. The molecule has 2 aliphatic heterocycles. The lowest BCUT2D eigenvalue weighted by Crippen LogP contribution is -2.37. The minimum Gasteiger partial charge on any atom is -0.381 e. The molecule has 35 heavy (non-hydrogen) atoms. The number of ether oxygens (including phenoxy) is 2. The zero-order valence-electron chi connectivity index (χ0n) is 20.5. The van der Waals surface area contributed by atoms with Crippen LogP contribution in [0.15, 0.2) is 29.4 Å². The topological polar surface area (TPSA) is 60.8 Å². The molecule has 0 amide bonds. The second-order valence-electron chi connectivity index (χ2n) is 11.2. The van der Waals surface area contributed by atoms with E-state index in [1.807, 2.05) is 0 Å². The molecule has 1 spiro atoms. The lowest BCUT2D eigenvalue weighted by atomic mass is 9.69. The fourth-order valence-corrected chi connectivity index (χ4v) is 6.11. The van der Waals surface area contributed by atoms with Crippen LogP contribution in [0.1, 0.15) is 104 Å². The van der Waals surface area contributed by atoms with Crippen molar-refractivity contribution >= 4 is 0 Å². The fraction of sp³-hybridized carbons (Fsp3) is 0.593. The summed E-state index contributed by atoms with van der Waals surface area (Å²) in [6.45, 7) is 9.41. The van der Waals surface area contributed by atoms with E-state index in [-0.39, 0.29) is 11.3 Å². The first-order chi connectivity index (χ1) is 16.5. The number of halogens is 3. The average Bonchev–Trinajstić information content (AvgIpc) is 3.11. The molecule has 3 heterocycles. The minimum absolute atomic E-state index is 0.0669. The predicted octanol–water partition coefficient (Wildman–Crippen LogP) is 7.13. The number of fused-ring (bicyclic) bond motifs is 4. The molecule has 0 saturated carbocycles. The van der Waals surface area contributed by atoms with Crippen LogP contribution in [0.5, 0.6) is 0 Å². The van der Waals surface area contributed by atoms with Crippen molar-refractivity contribution in [2.45, 2.75) is 83.2 Å². The molecule has 5 rings (SSSR count). The highest BCUT2D eigenvalue weighted by atomic mass is 19.4. The number of aromatic nitrogens is 1. The zero-order valence-corrected chi connectivity index (χ0v) is 20.5. The van der Waals surface area contributed by atoms with Gasteiger partial charge in [0.05, 0.1) is 11.2 Å². The van der Waals surface area contributed by atoms with E-state index in [2.05, 4.69) is 32.9 Å². The number of pyridine rings is 1. The van der Waals surface area contributed by atoms with E-state index in [1.54, 1.807) is 0 Å². The van der Waals surface area contributed by atoms with Gasteiger partial charge >= 0.3 is 6.18 Å². The van der Waals surface area contributed by atoms with Gasteiger partial charge in [-0.25, -0.2) is 0 Å².